The number of amides is 1. The molecular weight excluding hydrogens is 352 g/mol. The first-order chi connectivity index (χ1) is 12.4. The van der Waals surface area contributed by atoms with E-state index in [1.165, 1.54) is 15.3 Å². The number of hydrogen-bond acceptors (Lipinski definition) is 4. The minimum Gasteiger partial charge on any atom is -0.467 e. The van der Waals surface area contributed by atoms with E-state index >= 15 is 0 Å². The smallest absolute Gasteiger partial charge is 0.254 e. The maximum atomic E-state index is 12.9. The van der Waals surface area contributed by atoms with Crippen molar-refractivity contribution in [1.82, 2.24) is 9.21 Å². The number of benzene rings is 1. The normalized spacial score (nSPS) is 15.8. The standard InChI is InChI=1S/C19H24N2O4S/c1-15-8-9-17(26(23,24)21-10-4-3-5-11-21)13-18(15)19(22)20(2)14-16-7-6-12-25-16/h6-9,12-13H,3-5,10-11,14H2,1-2H3. The topological polar surface area (TPSA) is 70.8 Å². The van der Waals surface area contributed by atoms with Crippen molar-refractivity contribution in [3.63, 3.8) is 0 Å². The molecule has 1 amide bonds. The number of piperidine rings is 1. The molecule has 0 aliphatic carbocycles. The summed E-state index contributed by atoms with van der Waals surface area (Å²) in [5, 5.41) is 0. The number of furan rings is 1. The van der Waals surface area contributed by atoms with E-state index in [-0.39, 0.29) is 10.8 Å². The van der Waals surface area contributed by atoms with Crippen molar-refractivity contribution >= 4 is 15.9 Å². The number of carbonyl (C=O) groups is 1. The lowest BCUT2D eigenvalue weighted by atomic mass is 10.1. The van der Waals surface area contributed by atoms with Gasteiger partial charge in [0.25, 0.3) is 5.91 Å². The van der Waals surface area contributed by atoms with Gasteiger partial charge in [-0.15, -0.1) is 0 Å². The van der Waals surface area contributed by atoms with Gasteiger partial charge < -0.3 is 9.32 Å². The first kappa shape index (κ1) is 18.7. The third kappa shape index (κ3) is 3.83. The predicted molar refractivity (Wildman–Crippen MR) is 98.3 cm³/mol. The molecule has 3 rings (SSSR count). The molecule has 0 atom stereocenters. The number of sulfonamides is 1. The zero-order valence-corrected chi connectivity index (χ0v) is 16.0. The lowest BCUT2D eigenvalue weighted by Crippen LogP contribution is -2.35. The van der Waals surface area contributed by atoms with Gasteiger partial charge in [0, 0.05) is 25.7 Å². The molecule has 1 aliphatic heterocycles. The van der Waals surface area contributed by atoms with E-state index in [1.807, 2.05) is 6.92 Å². The molecule has 2 heterocycles. The Morgan fingerprint density at radius 1 is 1.19 bits per heavy atom. The number of rotatable bonds is 5. The molecular formula is C19H24N2O4S. The van der Waals surface area contributed by atoms with Crippen LogP contribution in [0.1, 0.15) is 40.9 Å². The van der Waals surface area contributed by atoms with Crippen LogP contribution in [0.2, 0.25) is 0 Å². The molecule has 0 spiro atoms. The average Bonchev–Trinajstić information content (AvgIpc) is 3.15. The van der Waals surface area contributed by atoms with Crippen LogP contribution in [-0.4, -0.2) is 43.7 Å². The highest BCUT2D eigenvalue weighted by atomic mass is 32.2. The monoisotopic (exact) mass is 376 g/mol. The van der Waals surface area contributed by atoms with Crippen molar-refractivity contribution in [2.45, 2.75) is 37.6 Å². The first-order valence-corrected chi connectivity index (χ1v) is 10.2. The maximum absolute atomic E-state index is 12.9. The van der Waals surface area contributed by atoms with Gasteiger partial charge in [-0.05, 0) is 49.6 Å². The predicted octanol–water partition coefficient (Wildman–Crippen LogP) is 3.03. The summed E-state index contributed by atoms with van der Waals surface area (Å²) in [7, 11) is -1.89. The van der Waals surface area contributed by atoms with Crippen molar-refractivity contribution in [2.24, 2.45) is 0 Å². The average molecular weight is 376 g/mol. The Balaban J connectivity index is 1.86. The molecule has 6 nitrogen and oxygen atoms in total. The Hall–Kier alpha value is -2.12. The zero-order valence-electron chi connectivity index (χ0n) is 15.1. The van der Waals surface area contributed by atoms with Gasteiger partial charge in [-0.3, -0.25) is 4.79 Å². The van der Waals surface area contributed by atoms with Crippen LogP contribution >= 0.6 is 0 Å². The first-order valence-electron chi connectivity index (χ1n) is 8.78. The Bertz CT molecular complexity index is 869. The molecule has 7 heteroatoms. The quantitative estimate of drug-likeness (QED) is 0.804. The van der Waals surface area contributed by atoms with Gasteiger partial charge in [0.15, 0.2) is 0 Å². The van der Waals surface area contributed by atoms with Crippen LogP contribution in [0, 0.1) is 6.92 Å². The fraction of sp³-hybridized carbons (Fsp3) is 0.421. The van der Waals surface area contributed by atoms with E-state index in [0.29, 0.717) is 31.0 Å². The van der Waals surface area contributed by atoms with Crippen LogP contribution in [0.5, 0.6) is 0 Å². The van der Waals surface area contributed by atoms with Crippen LogP contribution < -0.4 is 0 Å². The van der Waals surface area contributed by atoms with Crippen LogP contribution in [0.15, 0.2) is 45.9 Å². The van der Waals surface area contributed by atoms with Crippen molar-refractivity contribution in [1.29, 1.82) is 0 Å². The molecule has 1 saturated heterocycles. The van der Waals surface area contributed by atoms with Crippen LogP contribution in [0.3, 0.4) is 0 Å². The number of nitrogens with zero attached hydrogens (tertiary/aromatic N) is 2. The maximum Gasteiger partial charge on any atom is 0.254 e. The summed E-state index contributed by atoms with van der Waals surface area (Å²) in [6.45, 7) is 3.22. The highest BCUT2D eigenvalue weighted by molar-refractivity contribution is 7.89. The van der Waals surface area contributed by atoms with Crippen LogP contribution in [-0.2, 0) is 16.6 Å². The van der Waals surface area contributed by atoms with Gasteiger partial charge in [0.2, 0.25) is 10.0 Å². The minimum atomic E-state index is -3.57. The van der Waals surface area contributed by atoms with Crippen LogP contribution in [0.4, 0.5) is 0 Å². The van der Waals surface area contributed by atoms with Gasteiger partial charge in [-0.25, -0.2) is 8.42 Å². The zero-order chi connectivity index (χ0) is 18.7. The van der Waals surface area contributed by atoms with Gasteiger partial charge in [-0.2, -0.15) is 4.31 Å². The largest absolute Gasteiger partial charge is 0.467 e. The second-order valence-corrected chi connectivity index (χ2v) is 8.62. The van der Waals surface area contributed by atoms with Crippen molar-refractivity contribution in [2.75, 3.05) is 20.1 Å². The number of carbonyl (C=O) groups excluding carboxylic acids is 1. The summed E-state index contributed by atoms with van der Waals surface area (Å²) in [5.74, 6) is 0.449. The lowest BCUT2D eigenvalue weighted by Gasteiger charge is -2.26. The van der Waals surface area contributed by atoms with Crippen molar-refractivity contribution in [3.8, 4) is 0 Å². The van der Waals surface area contributed by atoms with Gasteiger partial charge in [0.05, 0.1) is 17.7 Å². The fourth-order valence-electron chi connectivity index (χ4n) is 3.16. The number of hydrogen-bond donors (Lipinski definition) is 0. The molecule has 140 valence electrons. The van der Waals surface area contributed by atoms with E-state index in [2.05, 4.69) is 0 Å². The Labute approximate surface area is 154 Å². The second kappa shape index (κ2) is 7.63. The second-order valence-electron chi connectivity index (χ2n) is 6.68. The third-order valence-corrected chi connectivity index (χ3v) is 6.61. The third-order valence-electron chi connectivity index (χ3n) is 4.71. The molecule has 1 fully saturated rings. The summed E-state index contributed by atoms with van der Waals surface area (Å²) < 4.78 is 32.6. The highest BCUT2D eigenvalue weighted by Crippen LogP contribution is 2.23. The molecule has 26 heavy (non-hydrogen) atoms. The molecule has 0 bridgehead atoms. The fourth-order valence-corrected chi connectivity index (χ4v) is 4.70. The summed E-state index contributed by atoms with van der Waals surface area (Å²) in [4.78, 5) is 14.5. The summed E-state index contributed by atoms with van der Waals surface area (Å²) in [6, 6.07) is 8.35. The van der Waals surface area contributed by atoms with E-state index in [4.69, 9.17) is 4.42 Å². The molecule has 1 aromatic carbocycles. The van der Waals surface area contributed by atoms with Gasteiger partial charge in [0.1, 0.15) is 5.76 Å². The Kier molecular flexibility index (Phi) is 5.48. The van der Waals surface area contributed by atoms with E-state index in [0.717, 1.165) is 24.8 Å². The molecule has 1 aliphatic rings. The van der Waals surface area contributed by atoms with Gasteiger partial charge >= 0.3 is 0 Å². The Morgan fingerprint density at radius 2 is 1.92 bits per heavy atom. The highest BCUT2D eigenvalue weighted by Gasteiger charge is 2.27. The molecule has 0 saturated carbocycles. The van der Waals surface area contributed by atoms with Gasteiger partial charge in [-0.1, -0.05) is 12.5 Å². The van der Waals surface area contributed by atoms with Crippen molar-refractivity contribution < 1.29 is 17.6 Å². The minimum absolute atomic E-state index is 0.180. The summed E-state index contributed by atoms with van der Waals surface area (Å²) >= 11 is 0. The number of aryl methyl sites for hydroxylation is 1. The molecule has 0 N–H and O–H groups in total. The van der Waals surface area contributed by atoms with E-state index in [9.17, 15) is 13.2 Å². The molecule has 0 radical (unpaired) electrons. The summed E-state index contributed by atoms with van der Waals surface area (Å²) in [6.07, 6.45) is 4.37. The Morgan fingerprint density at radius 3 is 2.58 bits per heavy atom. The molecule has 2 aromatic rings. The molecule has 0 unspecified atom stereocenters. The molecule has 1 aromatic heterocycles. The lowest BCUT2D eigenvalue weighted by molar-refractivity contribution is 0.0774. The van der Waals surface area contributed by atoms with Crippen LogP contribution in [0.25, 0.3) is 0 Å². The van der Waals surface area contributed by atoms with Crippen molar-refractivity contribution in [3.05, 3.63) is 53.5 Å². The SMILES string of the molecule is Cc1ccc(S(=O)(=O)N2CCCCC2)cc1C(=O)N(C)Cc1ccco1. The van der Waals surface area contributed by atoms with E-state index < -0.39 is 10.0 Å². The summed E-state index contributed by atoms with van der Waals surface area (Å²) in [5.41, 5.74) is 1.15. The van der Waals surface area contributed by atoms with E-state index in [1.54, 1.807) is 37.6 Å².